The number of rotatable bonds is 4. The first-order chi connectivity index (χ1) is 12.0. The molecule has 7 nitrogen and oxygen atoms in total. The zero-order chi connectivity index (χ0) is 18.0. The molecule has 0 fully saturated rings. The fourth-order valence-corrected chi connectivity index (χ4v) is 2.58. The van der Waals surface area contributed by atoms with Crippen LogP contribution in [0.5, 0.6) is 5.75 Å². The number of aliphatic imine (C=N–C) groups is 1. The number of nitro groups is 1. The molecular weight excluding hydrogens is 439 g/mol. The van der Waals surface area contributed by atoms with Crippen LogP contribution in [0.1, 0.15) is 11.1 Å². The van der Waals surface area contributed by atoms with Crippen molar-refractivity contribution < 1.29 is 19.2 Å². The number of carbonyl (C=O) groups is 1. The number of non-ortho nitro benzene ring substituents is 1. The number of ether oxygens (including phenoxy) is 2. The van der Waals surface area contributed by atoms with Gasteiger partial charge in [-0.3, -0.25) is 10.1 Å². The van der Waals surface area contributed by atoms with Crippen LogP contribution in [-0.4, -0.2) is 23.9 Å². The van der Waals surface area contributed by atoms with Crippen molar-refractivity contribution in [3.63, 3.8) is 0 Å². The van der Waals surface area contributed by atoms with Crippen LogP contribution in [0.4, 0.5) is 5.69 Å². The highest BCUT2D eigenvalue weighted by Crippen LogP contribution is 2.28. The van der Waals surface area contributed by atoms with Gasteiger partial charge in [-0.1, -0.05) is 0 Å². The van der Waals surface area contributed by atoms with Gasteiger partial charge < -0.3 is 9.47 Å². The van der Waals surface area contributed by atoms with Crippen LogP contribution in [0.15, 0.2) is 53.2 Å². The Morgan fingerprint density at radius 2 is 1.96 bits per heavy atom. The lowest BCUT2D eigenvalue weighted by atomic mass is 10.1. The number of halogens is 1. The predicted octanol–water partition coefficient (Wildman–Crippen LogP) is 3.55. The zero-order valence-corrected chi connectivity index (χ0v) is 15.1. The molecule has 2 aromatic carbocycles. The standard InChI is InChI=1S/C17H11IN2O5/c1-24-15-7-6-13(20(22)23)8-11(15)9-14-17(21)25-16(19-14)10-2-4-12(18)5-3-10/h2-9H,1H3/b14-9-. The van der Waals surface area contributed by atoms with Gasteiger partial charge in [-0.2, -0.15) is 0 Å². The molecule has 2 aromatic rings. The molecule has 1 heterocycles. The second-order valence-corrected chi connectivity index (χ2v) is 6.27. The number of cyclic esters (lactones) is 1. The Morgan fingerprint density at radius 3 is 2.60 bits per heavy atom. The fraction of sp³-hybridized carbons (Fsp3) is 0.0588. The van der Waals surface area contributed by atoms with Crippen molar-refractivity contribution in [3.05, 3.63) is 73.0 Å². The summed E-state index contributed by atoms with van der Waals surface area (Å²) in [7, 11) is 1.44. The van der Waals surface area contributed by atoms with E-state index in [1.807, 2.05) is 12.1 Å². The van der Waals surface area contributed by atoms with E-state index in [0.717, 1.165) is 3.57 Å². The maximum Gasteiger partial charge on any atom is 0.363 e. The summed E-state index contributed by atoms with van der Waals surface area (Å²) in [6, 6.07) is 11.4. The largest absolute Gasteiger partial charge is 0.496 e. The molecule has 0 radical (unpaired) electrons. The van der Waals surface area contributed by atoms with Crippen molar-refractivity contribution in [1.82, 2.24) is 0 Å². The van der Waals surface area contributed by atoms with Crippen LogP contribution in [0, 0.1) is 13.7 Å². The van der Waals surface area contributed by atoms with E-state index in [9.17, 15) is 14.9 Å². The molecule has 8 heteroatoms. The van der Waals surface area contributed by atoms with Gasteiger partial charge in [0, 0.05) is 26.8 Å². The summed E-state index contributed by atoms with van der Waals surface area (Å²) in [5.74, 6) is -0.0389. The van der Waals surface area contributed by atoms with E-state index in [1.165, 1.54) is 31.4 Å². The molecule has 1 aliphatic rings. The molecule has 0 spiro atoms. The van der Waals surface area contributed by atoms with Crippen molar-refractivity contribution >= 4 is 46.2 Å². The molecule has 0 saturated heterocycles. The summed E-state index contributed by atoms with van der Waals surface area (Å²) in [4.78, 5) is 26.7. The summed E-state index contributed by atoms with van der Waals surface area (Å²) < 4.78 is 11.4. The molecule has 25 heavy (non-hydrogen) atoms. The normalized spacial score (nSPS) is 15.0. The molecule has 0 amide bonds. The van der Waals surface area contributed by atoms with Crippen molar-refractivity contribution in [1.29, 1.82) is 0 Å². The smallest absolute Gasteiger partial charge is 0.363 e. The highest BCUT2D eigenvalue weighted by atomic mass is 127. The van der Waals surface area contributed by atoms with Gasteiger partial charge in [-0.05, 0) is 59.0 Å². The van der Waals surface area contributed by atoms with Gasteiger partial charge in [0.05, 0.1) is 12.0 Å². The highest BCUT2D eigenvalue weighted by molar-refractivity contribution is 14.1. The molecule has 0 saturated carbocycles. The van der Waals surface area contributed by atoms with Crippen molar-refractivity contribution in [3.8, 4) is 5.75 Å². The third-order valence-corrected chi connectivity index (χ3v) is 4.15. The van der Waals surface area contributed by atoms with E-state index in [0.29, 0.717) is 16.9 Å². The van der Waals surface area contributed by atoms with E-state index in [1.54, 1.807) is 12.1 Å². The Bertz CT molecular complexity index is 919. The Kier molecular flexibility index (Phi) is 4.79. The minimum atomic E-state index is -0.623. The first-order valence-electron chi connectivity index (χ1n) is 7.09. The van der Waals surface area contributed by atoms with Crippen LogP contribution in [0.25, 0.3) is 6.08 Å². The number of hydrogen-bond acceptors (Lipinski definition) is 6. The Balaban J connectivity index is 2.00. The molecule has 0 aliphatic carbocycles. The summed E-state index contributed by atoms with van der Waals surface area (Å²) in [5.41, 5.74) is 0.979. The average Bonchev–Trinajstić information content (AvgIpc) is 2.96. The van der Waals surface area contributed by atoms with Gasteiger partial charge in [-0.25, -0.2) is 9.79 Å². The lowest BCUT2D eigenvalue weighted by Crippen LogP contribution is -2.05. The Morgan fingerprint density at radius 1 is 1.24 bits per heavy atom. The number of nitro benzene ring substituents is 1. The first kappa shape index (κ1) is 17.1. The maximum atomic E-state index is 12.1. The maximum absolute atomic E-state index is 12.1. The molecule has 0 unspecified atom stereocenters. The van der Waals surface area contributed by atoms with E-state index in [4.69, 9.17) is 9.47 Å². The van der Waals surface area contributed by atoms with E-state index in [2.05, 4.69) is 27.6 Å². The Labute approximate surface area is 156 Å². The van der Waals surface area contributed by atoms with Gasteiger partial charge in [0.1, 0.15) is 5.75 Å². The highest BCUT2D eigenvalue weighted by Gasteiger charge is 2.25. The first-order valence-corrected chi connectivity index (χ1v) is 8.17. The lowest BCUT2D eigenvalue weighted by molar-refractivity contribution is -0.384. The minimum Gasteiger partial charge on any atom is -0.496 e. The SMILES string of the molecule is COc1ccc([N+](=O)[O-])cc1/C=C1\N=C(c2ccc(I)cc2)OC1=O. The number of esters is 1. The van der Waals surface area contributed by atoms with E-state index >= 15 is 0 Å². The second kappa shape index (κ2) is 7.01. The molecule has 0 bridgehead atoms. The van der Waals surface area contributed by atoms with E-state index in [-0.39, 0.29) is 17.3 Å². The van der Waals surface area contributed by atoms with Crippen LogP contribution >= 0.6 is 22.6 Å². The third-order valence-electron chi connectivity index (χ3n) is 3.43. The van der Waals surface area contributed by atoms with Crippen molar-refractivity contribution in [2.24, 2.45) is 4.99 Å². The number of hydrogen-bond donors (Lipinski definition) is 0. The molecule has 126 valence electrons. The van der Waals surface area contributed by atoms with Crippen LogP contribution in [0.3, 0.4) is 0 Å². The lowest BCUT2D eigenvalue weighted by Gasteiger charge is -2.04. The zero-order valence-electron chi connectivity index (χ0n) is 12.9. The van der Waals surface area contributed by atoms with Crippen molar-refractivity contribution in [2.75, 3.05) is 7.11 Å². The fourth-order valence-electron chi connectivity index (χ4n) is 2.22. The molecular formula is C17H11IN2O5. The molecule has 0 N–H and O–H groups in total. The van der Waals surface area contributed by atoms with Gasteiger partial charge >= 0.3 is 5.97 Å². The number of carbonyl (C=O) groups excluding carboxylic acids is 1. The van der Waals surface area contributed by atoms with Gasteiger partial charge in [-0.15, -0.1) is 0 Å². The van der Waals surface area contributed by atoms with Crippen LogP contribution in [-0.2, 0) is 9.53 Å². The quantitative estimate of drug-likeness (QED) is 0.234. The van der Waals surface area contributed by atoms with E-state index < -0.39 is 10.9 Å². The van der Waals surface area contributed by atoms with Gasteiger partial charge in [0.15, 0.2) is 5.70 Å². The topological polar surface area (TPSA) is 91.0 Å². The molecule has 1 aliphatic heterocycles. The number of benzene rings is 2. The summed E-state index contributed by atoms with van der Waals surface area (Å²) in [6.07, 6.45) is 1.41. The Hall–Kier alpha value is -2.75. The van der Waals surface area contributed by atoms with Crippen LogP contribution in [0.2, 0.25) is 0 Å². The van der Waals surface area contributed by atoms with Crippen molar-refractivity contribution in [2.45, 2.75) is 0 Å². The number of methoxy groups -OCH3 is 1. The summed E-state index contributed by atoms with van der Waals surface area (Å²) in [6.45, 7) is 0. The third kappa shape index (κ3) is 3.68. The molecule has 0 aromatic heterocycles. The van der Waals surface area contributed by atoms with Gasteiger partial charge in [0.25, 0.3) is 5.69 Å². The second-order valence-electron chi connectivity index (χ2n) is 5.03. The summed E-state index contributed by atoms with van der Waals surface area (Å²) in [5, 5.41) is 10.9. The molecule has 3 rings (SSSR count). The predicted molar refractivity (Wildman–Crippen MR) is 99.4 cm³/mol. The minimum absolute atomic E-state index is 0.0485. The number of nitrogens with zero attached hydrogens (tertiary/aromatic N) is 2. The van der Waals surface area contributed by atoms with Gasteiger partial charge in [0.2, 0.25) is 5.90 Å². The summed E-state index contributed by atoms with van der Waals surface area (Å²) >= 11 is 2.17. The monoisotopic (exact) mass is 450 g/mol. The average molecular weight is 450 g/mol. The molecule has 0 atom stereocenters. The van der Waals surface area contributed by atoms with Crippen LogP contribution < -0.4 is 4.74 Å².